The van der Waals surface area contributed by atoms with Gasteiger partial charge in [0.05, 0.1) is 36.1 Å². The molecule has 0 atom stereocenters. The van der Waals surface area contributed by atoms with E-state index in [-0.39, 0.29) is 6.10 Å². The van der Waals surface area contributed by atoms with Crippen molar-refractivity contribution in [2.24, 2.45) is 0 Å². The highest BCUT2D eigenvalue weighted by Crippen LogP contribution is 2.30. The first-order valence-electron chi connectivity index (χ1n) is 16.9. The van der Waals surface area contributed by atoms with Crippen LogP contribution in [-0.4, -0.2) is 55.1 Å². The summed E-state index contributed by atoms with van der Waals surface area (Å²) in [6.07, 6.45) is 11.0. The first-order valence-corrected chi connectivity index (χ1v) is 17.7. The van der Waals surface area contributed by atoms with Crippen molar-refractivity contribution < 1.29 is 23.8 Å². The largest absolute Gasteiger partial charge is 0.465 e. The van der Waals surface area contributed by atoms with Gasteiger partial charge in [-0.05, 0) is 72.5 Å². The van der Waals surface area contributed by atoms with Crippen molar-refractivity contribution in [3.8, 4) is 11.3 Å². The van der Waals surface area contributed by atoms with Gasteiger partial charge in [0.25, 0.3) is 0 Å². The molecule has 0 saturated carbocycles. The Morgan fingerprint density at radius 3 is 2.29 bits per heavy atom. The Labute approximate surface area is 312 Å². The molecule has 10 heteroatoms. The number of nitrogens with one attached hydrogen (secondary N) is 1. The second-order valence-corrected chi connectivity index (χ2v) is 11.6. The smallest absolute Gasteiger partial charge is 0.407 e. The van der Waals surface area contributed by atoms with Crippen molar-refractivity contribution in [3.63, 3.8) is 0 Å². The van der Waals surface area contributed by atoms with Crippen molar-refractivity contribution in [2.75, 3.05) is 27.4 Å². The molecule has 4 aromatic rings. The predicted octanol–water partition coefficient (Wildman–Crippen LogP) is 10.6. The molecule has 0 unspecified atom stereocenters. The van der Waals surface area contributed by atoms with Crippen molar-refractivity contribution >= 4 is 53.0 Å². The SMILES string of the molecule is CC.CC.COC/C=C(\C=C/CNC(=O)OC(C)C)c1ccc(/C=C/c2nc(-c3ccc(Cl)cc3Cl)cn2Cc2cccc(C(=O)OC)c2)cc1. The molecule has 0 spiro atoms. The molecule has 272 valence electrons. The fourth-order valence-corrected chi connectivity index (χ4v) is 5.13. The van der Waals surface area contributed by atoms with Crippen molar-refractivity contribution in [2.45, 2.75) is 54.2 Å². The van der Waals surface area contributed by atoms with Gasteiger partial charge in [0.15, 0.2) is 0 Å². The van der Waals surface area contributed by atoms with Crippen LogP contribution in [0.25, 0.3) is 29.0 Å². The molecular weight excluding hydrogens is 685 g/mol. The number of esters is 1. The number of nitrogens with zero attached hydrogens (tertiary/aromatic N) is 2. The number of rotatable bonds is 13. The van der Waals surface area contributed by atoms with Crippen LogP contribution in [0.5, 0.6) is 0 Å². The van der Waals surface area contributed by atoms with Crippen LogP contribution in [0.15, 0.2) is 91.2 Å². The van der Waals surface area contributed by atoms with Crippen LogP contribution in [0.2, 0.25) is 10.0 Å². The average molecular weight is 735 g/mol. The lowest BCUT2D eigenvalue weighted by atomic mass is 10.0. The number of carbonyl (C=O) groups is 2. The van der Waals surface area contributed by atoms with Gasteiger partial charge in [0, 0.05) is 37.0 Å². The number of ether oxygens (including phenoxy) is 3. The highest BCUT2D eigenvalue weighted by Gasteiger charge is 2.13. The maximum absolute atomic E-state index is 12.1. The third-order valence-electron chi connectivity index (χ3n) is 6.86. The highest BCUT2D eigenvalue weighted by atomic mass is 35.5. The molecule has 51 heavy (non-hydrogen) atoms. The molecule has 0 aliphatic carbocycles. The Morgan fingerprint density at radius 2 is 1.65 bits per heavy atom. The van der Waals surface area contributed by atoms with E-state index < -0.39 is 12.1 Å². The molecule has 0 saturated heterocycles. The van der Waals surface area contributed by atoms with Gasteiger partial charge in [-0.3, -0.25) is 0 Å². The summed E-state index contributed by atoms with van der Waals surface area (Å²) >= 11 is 12.7. The summed E-state index contributed by atoms with van der Waals surface area (Å²) in [5, 5.41) is 3.75. The first kappa shape index (κ1) is 42.5. The van der Waals surface area contributed by atoms with Crippen molar-refractivity contribution in [3.05, 3.63) is 129 Å². The molecule has 0 radical (unpaired) electrons. The zero-order valence-corrected chi connectivity index (χ0v) is 32.2. The number of carbonyl (C=O) groups excluding carboxylic acids is 2. The normalized spacial score (nSPS) is 11.2. The second kappa shape index (κ2) is 23.0. The fourth-order valence-electron chi connectivity index (χ4n) is 4.62. The van der Waals surface area contributed by atoms with E-state index in [9.17, 15) is 9.59 Å². The molecule has 0 bridgehead atoms. The molecule has 1 amide bonds. The number of halogens is 2. The quantitative estimate of drug-likeness (QED) is 0.109. The van der Waals surface area contributed by atoms with Crippen LogP contribution < -0.4 is 5.32 Å². The van der Waals surface area contributed by atoms with E-state index in [1.165, 1.54) is 7.11 Å². The van der Waals surface area contributed by atoms with Crippen LogP contribution >= 0.6 is 23.2 Å². The molecule has 1 heterocycles. The second-order valence-electron chi connectivity index (χ2n) is 10.7. The fraction of sp³-hybridized carbons (Fsp3) is 0.293. The molecule has 1 aromatic heterocycles. The maximum atomic E-state index is 12.1. The molecule has 1 N–H and O–H groups in total. The number of aromatic nitrogens is 2. The van der Waals surface area contributed by atoms with E-state index in [1.807, 2.05) is 117 Å². The lowest BCUT2D eigenvalue weighted by Gasteiger charge is -2.08. The van der Waals surface area contributed by atoms with Crippen LogP contribution in [-0.2, 0) is 20.8 Å². The van der Waals surface area contributed by atoms with Gasteiger partial charge < -0.3 is 24.1 Å². The number of hydrogen-bond donors (Lipinski definition) is 1. The highest BCUT2D eigenvalue weighted by molar-refractivity contribution is 6.36. The van der Waals surface area contributed by atoms with Crippen LogP contribution in [0.1, 0.15) is 74.4 Å². The minimum absolute atomic E-state index is 0.182. The number of hydrogen-bond acceptors (Lipinski definition) is 6. The Hall–Kier alpha value is -4.63. The van der Waals surface area contributed by atoms with Crippen molar-refractivity contribution in [1.82, 2.24) is 14.9 Å². The molecule has 0 aliphatic rings. The Kier molecular flexibility index (Phi) is 19.2. The number of methoxy groups -OCH3 is 2. The van der Waals surface area contributed by atoms with Crippen LogP contribution in [0.4, 0.5) is 4.79 Å². The van der Waals surface area contributed by atoms with Crippen LogP contribution in [0.3, 0.4) is 0 Å². The van der Waals surface area contributed by atoms with E-state index in [1.54, 1.807) is 39.2 Å². The Balaban J connectivity index is 0.00000217. The molecule has 8 nitrogen and oxygen atoms in total. The number of alkyl carbamates (subject to hydrolysis) is 1. The van der Waals surface area contributed by atoms with E-state index in [0.717, 1.165) is 27.8 Å². The first-order chi connectivity index (χ1) is 24.7. The van der Waals surface area contributed by atoms with Gasteiger partial charge in [-0.1, -0.05) is 112 Å². The predicted molar refractivity (Wildman–Crippen MR) is 211 cm³/mol. The zero-order chi connectivity index (χ0) is 37.8. The molecule has 3 aromatic carbocycles. The maximum Gasteiger partial charge on any atom is 0.407 e. The number of benzene rings is 3. The number of amides is 1. The Morgan fingerprint density at radius 1 is 0.922 bits per heavy atom. The summed E-state index contributed by atoms with van der Waals surface area (Å²) in [6.45, 7) is 12.8. The van der Waals surface area contributed by atoms with E-state index in [4.69, 9.17) is 42.4 Å². The lowest BCUT2D eigenvalue weighted by Crippen LogP contribution is -2.26. The number of allylic oxidation sites excluding steroid dienone is 2. The molecular formula is C41H49Cl2N3O5. The third-order valence-corrected chi connectivity index (χ3v) is 7.41. The minimum Gasteiger partial charge on any atom is -0.465 e. The van der Waals surface area contributed by atoms with Gasteiger partial charge in [0.2, 0.25) is 0 Å². The monoisotopic (exact) mass is 733 g/mol. The zero-order valence-electron chi connectivity index (χ0n) is 30.7. The summed E-state index contributed by atoms with van der Waals surface area (Å²) in [5.74, 6) is 0.305. The van der Waals surface area contributed by atoms with E-state index >= 15 is 0 Å². The summed E-state index contributed by atoms with van der Waals surface area (Å²) < 4.78 is 17.3. The van der Waals surface area contributed by atoms with Crippen LogP contribution in [0, 0.1) is 0 Å². The van der Waals surface area contributed by atoms with Gasteiger partial charge in [-0.25, -0.2) is 14.6 Å². The average Bonchev–Trinajstić information content (AvgIpc) is 3.53. The summed E-state index contributed by atoms with van der Waals surface area (Å²) in [5.41, 5.74) is 5.75. The molecule has 0 fully saturated rings. The summed E-state index contributed by atoms with van der Waals surface area (Å²) in [7, 11) is 3.00. The van der Waals surface area contributed by atoms with Gasteiger partial charge in [-0.15, -0.1) is 0 Å². The summed E-state index contributed by atoms with van der Waals surface area (Å²) in [6, 6.07) is 20.7. The molecule has 4 rings (SSSR count). The van der Waals surface area contributed by atoms with Gasteiger partial charge >= 0.3 is 12.1 Å². The standard InChI is InChI=1S/C37H37Cl2N3O5.2C2H6/c1-25(2)47-37(44)40-19-6-9-28(18-20-45-3)29-13-10-26(11-14-29)12-17-35-41-34(32-16-15-31(38)22-33(32)39)24-42(35)23-27-7-5-8-30(21-27)36(43)46-4;2*1-2/h5-18,21-22,24-25H,19-20,23H2,1-4H3,(H,40,44);2*1-2H3/b9-6-,17-12+,28-18+;;. The summed E-state index contributed by atoms with van der Waals surface area (Å²) in [4.78, 5) is 28.8. The lowest BCUT2D eigenvalue weighted by molar-refractivity contribution is 0.0600. The Bertz CT molecular complexity index is 1780. The van der Waals surface area contributed by atoms with Gasteiger partial charge in [0.1, 0.15) is 5.82 Å². The van der Waals surface area contributed by atoms with E-state index in [0.29, 0.717) is 46.8 Å². The topological polar surface area (TPSA) is 91.7 Å². The minimum atomic E-state index is -0.457. The number of imidazole rings is 1. The third kappa shape index (κ3) is 13.9. The molecule has 0 aliphatic heterocycles. The van der Waals surface area contributed by atoms with Gasteiger partial charge in [-0.2, -0.15) is 0 Å². The van der Waals surface area contributed by atoms with E-state index in [2.05, 4.69) is 5.32 Å². The van der Waals surface area contributed by atoms with Crippen molar-refractivity contribution in [1.29, 1.82) is 0 Å².